The van der Waals surface area contributed by atoms with Crippen LogP contribution in [0.3, 0.4) is 0 Å². The van der Waals surface area contributed by atoms with Crippen molar-refractivity contribution in [1.82, 2.24) is 19.7 Å². The van der Waals surface area contributed by atoms with Crippen molar-refractivity contribution in [2.75, 3.05) is 40.3 Å². The molecule has 0 unspecified atom stereocenters. The van der Waals surface area contributed by atoms with E-state index in [0.717, 1.165) is 69.5 Å². The van der Waals surface area contributed by atoms with Crippen molar-refractivity contribution in [2.45, 2.75) is 96.1 Å². The number of unbranched alkanes of at least 4 members (excludes halogenated alkanes) is 7. The first-order chi connectivity index (χ1) is 21.3. The van der Waals surface area contributed by atoms with Gasteiger partial charge in [0.25, 0.3) is 0 Å². The van der Waals surface area contributed by atoms with Crippen LogP contribution in [-0.2, 0) is 23.3 Å². The van der Waals surface area contributed by atoms with E-state index in [0.29, 0.717) is 18.4 Å². The van der Waals surface area contributed by atoms with Gasteiger partial charge in [-0.3, -0.25) is 14.5 Å². The van der Waals surface area contributed by atoms with Crippen LogP contribution in [0, 0.1) is 17.7 Å². The molecule has 0 spiro atoms. The van der Waals surface area contributed by atoms with E-state index in [2.05, 4.69) is 46.8 Å². The maximum atomic E-state index is 13.9. The summed E-state index contributed by atoms with van der Waals surface area (Å²) in [6, 6.07) is 10.5. The standard InChI is InChI=1S/C37H53FN4O2/c1-28-23-30-24-34-33(18-19-35(43)39-34)37(25-28)32(30)13-12-22-42(37)36(44)27-41(3)21-11-9-7-5-4-6-8-10-20-40(2)26-29-14-16-31(38)17-15-29/h14-19,23,30,32H,4-13,20-22,24-27H2,1-3H3,(H,39,43)/t30-,32+,37+/m0/s1. The number of nitrogens with one attached hydrogen (secondary N) is 1. The van der Waals surface area contributed by atoms with Crippen molar-refractivity contribution in [3.05, 3.63) is 81.0 Å². The molecule has 1 amide bonds. The normalized spacial score (nSPS) is 22.6. The van der Waals surface area contributed by atoms with Gasteiger partial charge in [0, 0.05) is 24.8 Å². The highest BCUT2D eigenvalue weighted by Crippen LogP contribution is 2.56. The van der Waals surface area contributed by atoms with Gasteiger partial charge in [-0.15, -0.1) is 0 Å². The largest absolute Gasteiger partial charge is 0.331 e. The molecule has 2 aromatic rings. The molecule has 0 radical (unpaired) electrons. The number of benzene rings is 1. The van der Waals surface area contributed by atoms with Gasteiger partial charge in [-0.2, -0.15) is 0 Å². The second-order valence-corrected chi connectivity index (χ2v) is 13.9. The minimum Gasteiger partial charge on any atom is -0.331 e. The zero-order valence-corrected chi connectivity index (χ0v) is 27.3. The Labute approximate surface area is 263 Å². The van der Waals surface area contributed by atoms with Crippen LogP contribution in [0.1, 0.15) is 94.4 Å². The first-order valence-corrected chi connectivity index (χ1v) is 17.1. The predicted molar refractivity (Wildman–Crippen MR) is 176 cm³/mol. The Hall–Kier alpha value is -2.77. The van der Waals surface area contributed by atoms with Crippen molar-refractivity contribution < 1.29 is 9.18 Å². The zero-order valence-electron chi connectivity index (χ0n) is 27.3. The number of rotatable bonds is 15. The Morgan fingerprint density at radius 3 is 2.32 bits per heavy atom. The maximum Gasteiger partial charge on any atom is 0.248 e. The van der Waals surface area contributed by atoms with Crippen molar-refractivity contribution in [2.24, 2.45) is 11.8 Å². The molecule has 1 saturated heterocycles. The van der Waals surface area contributed by atoms with E-state index < -0.39 is 0 Å². The fourth-order valence-electron chi connectivity index (χ4n) is 8.38. The number of pyridine rings is 1. The van der Waals surface area contributed by atoms with E-state index in [4.69, 9.17) is 0 Å². The lowest BCUT2D eigenvalue weighted by atomic mass is 9.56. The molecule has 1 N–H and O–H groups in total. The van der Waals surface area contributed by atoms with E-state index >= 15 is 0 Å². The van der Waals surface area contributed by atoms with Gasteiger partial charge in [0.15, 0.2) is 0 Å². The van der Waals surface area contributed by atoms with Crippen LogP contribution in [0.4, 0.5) is 4.39 Å². The monoisotopic (exact) mass is 604 g/mol. The van der Waals surface area contributed by atoms with Crippen LogP contribution in [0.15, 0.2) is 52.8 Å². The number of halogens is 1. The third-order valence-corrected chi connectivity index (χ3v) is 10.4. The summed E-state index contributed by atoms with van der Waals surface area (Å²) in [7, 11) is 4.23. The van der Waals surface area contributed by atoms with E-state index in [1.807, 2.05) is 18.2 Å². The molecule has 2 aliphatic carbocycles. The number of hydrogen-bond acceptors (Lipinski definition) is 4. The molecule has 1 aliphatic heterocycles. The van der Waals surface area contributed by atoms with Crippen LogP contribution in [0.25, 0.3) is 0 Å². The van der Waals surface area contributed by atoms with Crippen molar-refractivity contribution in [3.8, 4) is 0 Å². The van der Waals surface area contributed by atoms with Gasteiger partial charge in [-0.1, -0.05) is 62.3 Å². The number of hydrogen-bond donors (Lipinski definition) is 1. The fourth-order valence-corrected chi connectivity index (χ4v) is 8.38. The molecule has 5 rings (SSSR count). The molecule has 240 valence electrons. The van der Waals surface area contributed by atoms with Gasteiger partial charge >= 0.3 is 0 Å². The van der Waals surface area contributed by atoms with Crippen LogP contribution in [0.2, 0.25) is 0 Å². The molecule has 0 saturated carbocycles. The molecule has 3 atom stereocenters. The lowest BCUT2D eigenvalue weighted by molar-refractivity contribution is -0.149. The SMILES string of the molecule is CC1=C[C@H]2Cc3[nH]c(=O)ccc3[C@@]3(C1)[C@@H]2CCCN3C(=O)CN(C)CCCCCCCCCCN(C)Cc1ccc(F)cc1. The lowest BCUT2D eigenvalue weighted by Crippen LogP contribution is -2.63. The highest BCUT2D eigenvalue weighted by molar-refractivity contribution is 5.80. The fraction of sp³-hybridized carbons (Fsp3) is 0.622. The van der Waals surface area contributed by atoms with Gasteiger partial charge in [-0.25, -0.2) is 4.39 Å². The molecule has 1 aromatic heterocycles. The van der Waals surface area contributed by atoms with Gasteiger partial charge in [0.1, 0.15) is 5.82 Å². The predicted octanol–water partition coefficient (Wildman–Crippen LogP) is 6.65. The van der Waals surface area contributed by atoms with Crippen LogP contribution < -0.4 is 5.56 Å². The number of fused-ring (bicyclic) bond motifs is 1. The molecule has 1 fully saturated rings. The molecule has 1 aromatic carbocycles. The number of aromatic nitrogens is 1. The Morgan fingerprint density at radius 2 is 1.61 bits per heavy atom. The number of carbonyl (C=O) groups is 1. The lowest BCUT2D eigenvalue weighted by Gasteiger charge is -2.59. The third kappa shape index (κ3) is 7.71. The second kappa shape index (κ2) is 15.0. The van der Waals surface area contributed by atoms with Gasteiger partial charge in [-0.05, 0) is 114 Å². The van der Waals surface area contributed by atoms with Gasteiger partial charge < -0.3 is 14.8 Å². The number of aromatic amines is 1. The Kier molecular flexibility index (Phi) is 11.1. The zero-order chi connectivity index (χ0) is 31.1. The van der Waals surface area contributed by atoms with Crippen LogP contribution in [-0.4, -0.2) is 65.9 Å². The number of carbonyl (C=O) groups excluding carboxylic acids is 1. The van der Waals surface area contributed by atoms with Crippen LogP contribution >= 0.6 is 0 Å². The van der Waals surface area contributed by atoms with Gasteiger partial charge in [0.2, 0.25) is 11.5 Å². The first-order valence-electron chi connectivity index (χ1n) is 17.1. The highest BCUT2D eigenvalue weighted by Gasteiger charge is 2.56. The molecule has 3 aliphatic rings. The Bertz CT molecular complexity index is 1340. The summed E-state index contributed by atoms with van der Waals surface area (Å²) in [6.07, 6.45) is 16.2. The number of amides is 1. The first kappa shape index (κ1) is 32.6. The summed E-state index contributed by atoms with van der Waals surface area (Å²) in [5, 5.41) is 0. The summed E-state index contributed by atoms with van der Waals surface area (Å²) in [5.41, 5.74) is 4.37. The topological polar surface area (TPSA) is 59.7 Å². The highest BCUT2D eigenvalue weighted by atomic mass is 19.1. The third-order valence-electron chi connectivity index (χ3n) is 10.4. The quantitative estimate of drug-likeness (QED) is 0.183. The van der Waals surface area contributed by atoms with E-state index in [9.17, 15) is 14.0 Å². The average molecular weight is 605 g/mol. The van der Waals surface area contributed by atoms with E-state index in [1.165, 1.54) is 68.2 Å². The van der Waals surface area contributed by atoms with Crippen molar-refractivity contribution in [3.63, 3.8) is 0 Å². The number of nitrogens with zero attached hydrogens (tertiary/aromatic N) is 3. The minimum atomic E-state index is -0.324. The summed E-state index contributed by atoms with van der Waals surface area (Å²) < 4.78 is 13.1. The van der Waals surface area contributed by atoms with E-state index in [1.54, 1.807) is 6.07 Å². The number of piperidine rings is 1. The van der Waals surface area contributed by atoms with Crippen molar-refractivity contribution >= 4 is 5.91 Å². The average Bonchev–Trinajstić information content (AvgIpc) is 2.98. The van der Waals surface area contributed by atoms with Crippen LogP contribution in [0.5, 0.6) is 0 Å². The summed E-state index contributed by atoms with van der Waals surface area (Å²) >= 11 is 0. The Morgan fingerprint density at radius 1 is 0.955 bits per heavy atom. The summed E-state index contributed by atoms with van der Waals surface area (Å²) in [6.45, 7) is 6.35. The molecule has 2 bridgehead atoms. The number of likely N-dealkylation sites (N-methyl/N-ethyl adjacent to an activating group) is 1. The molecular formula is C37H53FN4O2. The number of likely N-dealkylation sites (tertiary alicyclic amines) is 1. The smallest absolute Gasteiger partial charge is 0.248 e. The molecule has 44 heavy (non-hydrogen) atoms. The molecule has 6 nitrogen and oxygen atoms in total. The summed E-state index contributed by atoms with van der Waals surface area (Å²) in [5.74, 6) is 0.867. The second-order valence-electron chi connectivity index (χ2n) is 13.9. The number of allylic oxidation sites excluding steroid dienone is 1. The number of H-pyrrole nitrogens is 1. The molecule has 2 heterocycles. The Balaban J connectivity index is 0.997. The molecular weight excluding hydrogens is 551 g/mol. The molecule has 7 heteroatoms. The summed E-state index contributed by atoms with van der Waals surface area (Å²) in [4.78, 5) is 36.0. The van der Waals surface area contributed by atoms with E-state index in [-0.39, 0.29) is 22.8 Å². The van der Waals surface area contributed by atoms with Crippen molar-refractivity contribution in [1.29, 1.82) is 0 Å². The minimum absolute atomic E-state index is 0.0476. The van der Waals surface area contributed by atoms with Gasteiger partial charge in [0.05, 0.1) is 12.1 Å². The maximum absolute atomic E-state index is 13.9.